The van der Waals surface area contributed by atoms with Gasteiger partial charge in [0.2, 0.25) is 11.9 Å². The van der Waals surface area contributed by atoms with Crippen LogP contribution in [0.15, 0.2) is 41.0 Å². The van der Waals surface area contributed by atoms with E-state index in [1.54, 1.807) is 16.8 Å². The maximum absolute atomic E-state index is 12.0. The Kier molecular flexibility index (Phi) is 4.52. The van der Waals surface area contributed by atoms with E-state index in [0.717, 1.165) is 37.3 Å². The summed E-state index contributed by atoms with van der Waals surface area (Å²) >= 11 is 0. The molecule has 0 spiro atoms. The summed E-state index contributed by atoms with van der Waals surface area (Å²) in [7, 11) is 0. The van der Waals surface area contributed by atoms with Crippen LogP contribution in [0, 0.1) is 0 Å². The fraction of sp³-hybridized carbons (Fsp3) is 0.273. The Morgan fingerprint density at radius 1 is 1.15 bits per heavy atom. The van der Waals surface area contributed by atoms with Crippen LogP contribution in [0.4, 0.5) is 5.95 Å². The minimum Gasteiger partial charge on any atom is -0.424 e. The quantitative estimate of drug-likeness (QED) is 0.382. The third-order valence-corrected chi connectivity index (χ3v) is 5.52. The van der Waals surface area contributed by atoms with Gasteiger partial charge in [-0.05, 0) is 43.2 Å². The molecule has 6 rings (SSSR count). The lowest BCUT2D eigenvalue weighted by Crippen LogP contribution is -2.19. The van der Waals surface area contributed by atoms with Crippen molar-refractivity contribution in [1.29, 1.82) is 0 Å². The van der Waals surface area contributed by atoms with Crippen molar-refractivity contribution in [1.82, 2.24) is 30.2 Å². The predicted octanol–water partition coefficient (Wildman–Crippen LogP) is 1.27. The predicted molar refractivity (Wildman–Crippen MR) is 119 cm³/mol. The number of fused-ring (bicyclic) bond motifs is 1. The van der Waals surface area contributed by atoms with Crippen molar-refractivity contribution in [3.05, 3.63) is 47.2 Å². The summed E-state index contributed by atoms with van der Waals surface area (Å²) in [5.74, 6) is 1.25. The zero-order valence-electron chi connectivity index (χ0n) is 17.5. The highest BCUT2D eigenvalue weighted by Crippen LogP contribution is 2.28. The van der Waals surface area contributed by atoms with Gasteiger partial charge in [-0.25, -0.2) is 0 Å². The van der Waals surface area contributed by atoms with E-state index in [9.17, 15) is 9.59 Å². The van der Waals surface area contributed by atoms with Crippen LogP contribution < -0.4 is 20.7 Å². The highest BCUT2D eigenvalue weighted by Gasteiger charge is 2.26. The molecule has 2 amide bonds. The van der Waals surface area contributed by atoms with E-state index in [0.29, 0.717) is 34.5 Å². The van der Waals surface area contributed by atoms with Crippen LogP contribution in [-0.4, -0.2) is 56.4 Å². The number of benzene rings is 1. The molecule has 166 valence electrons. The third kappa shape index (κ3) is 3.88. The monoisotopic (exact) mass is 444 g/mol. The Morgan fingerprint density at radius 3 is 2.70 bits per heavy atom. The van der Waals surface area contributed by atoms with E-state index in [1.165, 1.54) is 0 Å². The number of anilines is 1. The van der Waals surface area contributed by atoms with E-state index in [1.807, 2.05) is 24.3 Å². The lowest BCUT2D eigenvalue weighted by molar-refractivity contribution is -0.124. The van der Waals surface area contributed by atoms with Gasteiger partial charge in [-0.2, -0.15) is 19.6 Å². The molecular formula is C22H20N8O3. The van der Waals surface area contributed by atoms with Crippen LogP contribution in [0.2, 0.25) is 0 Å². The lowest BCUT2D eigenvalue weighted by Gasteiger charge is -2.10. The van der Waals surface area contributed by atoms with Gasteiger partial charge < -0.3 is 15.4 Å². The first-order valence-corrected chi connectivity index (χ1v) is 10.8. The number of carbonyl (C=O) groups is 2. The maximum atomic E-state index is 12.0. The normalized spacial score (nSPS) is 19.0. The summed E-state index contributed by atoms with van der Waals surface area (Å²) < 4.78 is 7.54. The second kappa shape index (κ2) is 7.69. The molecule has 11 nitrogen and oxygen atoms in total. The second-order valence-electron chi connectivity index (χ2n) is 8.09. The van der Waals surface area contributed by atoms with E-state index in [-0.39, 0.29) is 18.3 Å². The van der Waals surface area contributed by atoms with E-state index < -0.39 is 5.91 Å². The number of amides is 2. The standard InChI is InChI=1S/C22H20N8O3/c31-17-10-13(20(32)27-17)9-14-11-25-30-19(14)28-22(29-21(30)26-15-3-4-15)33-16-5-1-12(2-6-16)18-23-7-8-24-18/h1-2,5-6,9,11,15H,3-4,7-8,10H2,(H,23,24)(H,26,28,29)(H,27,31,32)/b13-9+. The summed E-state index contributed by atoms with van der Waals surface area (Å²) in [6.07, 6.45) is 5.37. The Morgan fingerprint density at radius 2 is 2.00 bits per heavy atom. The summed E-state index contributed by atoms with van der Waals surface area (Å²) in [6.45, 7) is 1.62. The number of amidine groups is 1. The van der Waals surface area contributed by atoms with Crippen molar-refractivity contribution in [3.8, 4) is 11.8 Å². The first-order chi connectivity index (χ1) is 16.1. The lowest BCUT2D eigenvalue weighted by atomic mass is 10.1. The number of rotatable bonds is 6. The Labute approximate surface area is 188 Å². The molecule has 1 aromatic carbocycles. The van der Waals surface area contributed by atoms with Crippen LogP contribution in [0.3, 0.4) is 0 Å². The average molecular weight is 444 g/mol. The molecular weight excluding hydrogens is 424 g/mol. The highest BCUT2D eigenvalue weighted by molar-refractivity contribution is 6.15. The van der Waals surface area contributed by atoms with E-state index >= 15 is 0 Å². The van der Waals surface area contributed by atoms with Crippen molar-refractivity contribution >= 4 is 35.3 Å². The number of imide groups is 1. The summed E-state index contributed by atoms with van der Waals surface area (Å²) in [5, 5.41) is 13.3. The highest BCUT2D eigenvalue weighted by atomic mass is 16.5. The molecule has 2 aromatic heterocycles. The largest absolute Gasteiger partial charge is 0.424 e. The first-order valence-electron chi connectivity index (χ1n) is 10.8. The number of ether oxygens (including phenoxy) is 1. The van der Waals surface area contributed by atoms with Gasteiger partial charge in [0.1, 0.15) is 11.6 Å². The number of nitrogens with one attached hydrogen (secondary N) is 3. The van der Waals surface area contributed by atoms with Gasteiger partial charge >= 0.3 is 6.01 Å². The van der Waals surface area contributed by atoms with Crippen LogP contribution in [0.25, 0.3) is 11.7 Å². The molecule has 0 bridgehead atoms. The maximum Gasteiger partial charge on any atom is 0.327 e. The number of carbonyl (C=O) groups excluding carboxylic acids is 2. The van der Waals surface area contributed by atoms with Crippen LogP contribution in [0.5, 0.6) is 11.8 Å². The van der Waals surface area contributed by atoms with Crippen molar-refractivity contribution in [3.63, 3.8) is 0 Å². The molecule has 4 heterocycles. The number of aliphatic imine (C=N–C) groups is 1. The molecule has 2 aliphatic heterocycles. The molecule has 3 aromatic rings. The molecule has 0 radical (unpaired) electrons. The molecule has 11 heteroatoms. The molecule has 3 N–H and O–H groups in total. The Balaban J connectivity index is 1.34. The summed E-state index contributed by atoms with van der Waals surface area (Å²) in [4.78, 5) is 37.0. The molecule has 2 fully saturated rings. The van der Waals surface area contributed by atoms with Crippen molar-refractivity contribution in [2.45, 2.75) is 25.3 Å². The van der Waals surface area contributed by atoms with Crippen LogP contribution >= 0.6 is 0 Å². The zero-order chi connectivity index (χ0) is 22.4. The smallest absolute Gasteiger partial charge is 0.327 e. The molecule has 0 atom stereocenters. The van der Waals surface area contributed by atoms with E-state index in [2.05, 4.69) is 36.0 Å². The van der Waals surface area contributed by atoms with Crippen molar-refractivity contribution in [2.75, 3.05) is 18.4 Å². The molecule has 1 saturated carbocycles. The molecule has 1 saturated heterocycles. The fourth-order valence-electron chi connectivity index (χ4n) is 3.71. The fourth-order valence-corrected chi connectivity index (χ4v) is 3.71. The minimum atomic E-state index is -0.400. The number of nitrogens with zero attached hydrogens (tertiary/aromatic N) is 5. The molecule has 1 aliphatic carbocycles. The van der Waals surface area contributed by atoms with Crippen molar-refractivity contribution < 1.29 is 14.3 Å². The third-order valence-electron chi connectivity index (χ3n) is 5.52. The average Bonchev–Trinajstić information content (AvgIpc) is 3.17. The second-order valence-corrected chi connectivity index (χ2v) is 8.09. The van der Waals surface area contributed by atoms with E-state index in [4.69, 9.17) is 4.74 Å². The van der Waals surface area contributed by atoms with Gasteiger partial charge in [-0.3, -0.25) is 19.9 Å². The van der Waals surface area contributed by atoms with Crippen LogP contribution in [0.1, 0.15) is 30.4 Å². The summed E-state index contributed by atoms with van der Waals surface area (Å²) in [6, 6.07) is 8.03. The van der Waals surface area contributed by atoms with Gasteiger partial charge in [0.25, 0.3) is 5.91 Å². The van der Waals surface area contributed by atoms with Gasteiger partial charge in [0.05, 0.1) is 19.2 Å². The zero-order valence-corrected chi connectivity index (χ0v) is 17.5. The number of hydrogen-bond acceptors (Lipinski definition) is 9. The first kappa shape index (κ1) is 19.4. The molecule has 3 aliphatic rings. The summed E-state index contributed by atoms with van der Waals surface area (Å²) in [5.41, 5.74) is 2.43. The molecule has 0 unspecified atom stereocenters. The number of aromatic nitrogens is 4. The Bertz CT molecular complexity index is 1340. The van der Waals surface area contributed by atoms with Gasteiger partial charge in [0, 0.05) is 29.3 Å². The Hall–Kier alpha value is -4.28. The molecule has 33 heavy (non-hydrogen) atoms. The number of hydrogen-bond donors (Lipinski definition) is 3. The van der Waals surface area contributed by atoms with Gasteiger partial charge in [0.15, 0.2) is 5.65 Å². The minimum absolute atomic E-state index is 0.0320. The topological polar surface area (TPSA) is 135 Å². The SMILES string of the molecule is O=C1C/C(=C\c2cnn3c(NC4CC4)nc(Oc4ccc(C5=NCCN5)cc4)nc23)C(=O)N1. The van der Waals surface area contributed by atoms with Gasteiger partial charge in [-0.1, -0.05) is 0 Å². The van der Waals surface area contributed by atoms with Crippen molar-refractivity contribution in [2.24, 2.45) is 4.99 Å². The van der Waals surface area contributed by atoms with Crippen LogP contribution in [-0.2, 0) is 9.59 Å². The van der Waals surface area contributed by atoms with Gasteiger partial charge in [-0.15, -0.1) is 0 Å².